The first-order valence-corrected chi connectivity index (χ1v) is 6.21. The molecule has 0 saturated carbocycles. The molecule has 100 valence electrons. The van der Waals surface area contributed by atoms with Crippen LogP contribution in [0.1, 0.15) is 39.5 Å². The topological polar surface area (TPSA) is 92.4 Å². The lowest BCUT2D eigenvalue weighted by atomic mass is 10.0. The minimum Gasteiger partial charge on any atom is -0.481 e. The van der Waals surface area contributed by atoms with Crippen molar-refractivity contribution in [3.8, 4) is 0 Å². The highest BCUT2D eigenvalue weighted by Gasteiger charge is 2.14. The van der Waals surface area contributed by atoms with Crippen molar-refractivity contribution in [2.45, 2.75) is 39.5 Å². The summed E-state index contributed by atoms with van der Waals surface area (Å²) in [6, 6.07) is 0. The molecule has 5 heteroatoms. The highest BCUT2D eigenvalue weighted by atomic mass is 16.4. The number of hydrogen-bond donors (Lipinski definition) is 3. The summed E-state index contributed by atoms with van der Waals surface area (Å²) >= 11 is 0. The Morgan fingerprint density at radius 1 is 1.18 bits per heavy atom. The van der Waals surface area contributed by atoms with Gasteiger partial charge in [0.1, 0.15) is 0 Å². The SMILES string of the molecule is CCC(CNC(=O)CC(CC)CN)CC(=O)O. The van der Waals surface area contributed by atoms with E-state index >= 15 is 0 Å². The first-order chi connectivity index (χ1) is 8.03. The van der Waals surface area contributed by atoms with Gasteiger partial charge in [0.15, 0.2) is 0 Å². The molecule has 0 rings (SSSR count). The molecule has 0 radical (unpaired) electrons. The van der Waals surface area contributed by atoms with Crippen molar-refractivity contribution in [1.82, 2.24) is 5.32 Å². The van der Waals surface area contributed by atoms with E-state index in [2.05, 4.69) is 5.32 Å². The van der Waals surface area contributed by atoms with Gasteiger partial charge in [-0.1, -0.05) is 26.7 Å². The fourth-order valence-corrected chi connectivity index (χ4v) is 1.59. The Labute approximate surface area is 103 Å². The van der Waals surface area contributed by atoms with E-state index in [9.17, 15) is 9.59 Å². The van der Waals surface area contributed by atoms with E-state index in [1.807, 2.05) is 13.8 Å². The Morgan fingerprint density at radius 2 is 1.76 bits per heavy atom. The standard InChI is InChI=1S/C12H24N2O3/c1-3-9(7-13)5-11(15)14-8-10(4-2)6-12(16)17/h9-10H,3-8,13H2,1-2H3,(H,14,15)(H,16,17). The van der Waals surface area contributed by atoms with Gasteiger partial charge in [-0.25, -0.2) is 0 Å². The molecule has 0 aliphatic carbocycles. The second-order valence-corrected chi connectivity index (χ2v) is 4.39. The number of carbonyl (C=O) groups excluding carboxylic acids is 1. The maximum Gasteiger partial charge on any atom is 0.303 e. The highest BCUT2D eigenvalue weighted by Crippen LogP contribution is 2.08. The number of nitrogens with two attached hydrogens (primary N) is 1. The van der Waals surface area contributed by atoms with Crippen molar-refractivity contribution in [2.75, 3.05) is 13.1 Å². The van der Waals surface area contributed by atoms with Gasteiger partial charge in [-0.15, -0.1) is 0 Å². The Balaban J connectivity index is 3.91. The van der Waals surface area contributed by atoms with Crippen LogP contribution in [-0.2, 0) is 9.59 Å². The molecule has 0 spiro atoms. The Kier molecular flexibility index (Phi) is 8.40. The van der Waals surface area contributed by atoms with Crippen LogP contribution in [0.15, 0.2) is 0 Å². The van der Waals surface area contributed by atoms with E-state index < -0.39 is 5.97 Å². The number of nitrogens with one attached hydrogen (secondary N) is 1. The molecule has 0 aromatic heterocycles. The third-order valence-electron chi connectivity index (χ3n) is 3.01. The number of aliphatic carboxylic acids is 1. The predicted molar refractivity (Wildman–Crippen MR) is 66.5 cm³/mol. The number of rotatable bonds is 9. The van der Waals surface area contributed by atoms with Gasteiger partial charge in [-0.05, 0) is 18.4 Å². The van der Waals surface area contributed by atoms with E-state index in [-0.39, 0.29) is 24.2 Å². The summed E-state index contributed by atoms with van der Waals surface area (Å²) in [6.07, 6.45) is 2.16. The number of carboxylic acid groups (broad SMARTS) is 1. The van der Waals surface area contributed by atoms with Crippen molar-refractivity contribution in [2.24, 2.45) is 17.6 Å². The first kappa shape index (κ1) is 15.9. The van der Waals surface area contributed by atoms with Gasteiger partial charge >= 0.3 is 5.97 Å². The zero-order valence-electron chi connectivity index (χ0n) is 10.7. The van der Waals surface area contributed by atoms with E-state index in [1.54, 1.807) is 0 Å². The molecular formula is C12H24N2O3. The van der Waals surface area contributed by atoms with Crippen LogP contribution in [0.2, 0.25) is 0 Å². The van der Waals surface area contributed by atoms with E-state index in [4.69, 9.17) is 10.8 Å². The van der Waals surface area contributed by atoms with Crippen LogP contribution >= 0.6 is 0 Å². The van der Waals surface area contributed by atoms with Crippen LogP contribution in [0.25, 0.3) is 0 Å². The largest absolute Gasteiger partial charge is 0.481 e. The second-order valence-electron chi connectivity index (χ2n) is 4.39. The van der Waals surface area contributed by atoms with Crippen LogP contribution < -0.4 is 11.1 Å². The summed E-state index contributed by atoms with van der Waals surface area (Å²) < 4.78 is 0. The number of carbonyl (C=O) groups is 2. The minimum absolute atomic E-state index is 0.00871. The lowest BCUT2D eigenvalue weighted by molar-refractivity contribution is -0.138. The van der Waals surface area contributed by atoms with Gasteiger partial charge < -0.3 is 16.2 Å². The van der Waals surface area contributed by atoms with Crippen molar-refractivity contribution >= 4 is 11.9 Å². The molecular weight excluding hydrogens is 220 g/mol. The molecule has 0 heterocycles. The van der Waals surface area contributed by atoms with Crippen LogP contribution in [0, 0.1) is 11.8 Å². The fraction of sp³-hybridized carbons (Fsp3) is 0.833. The molecule has 1 amide bonds. The molecule has 0 saturated heterocycles. The average Bonchev–Trinajstić information content (AvgIpc) is 2.30. The smallest absolute Gasteiger partial charge is 0.303 e. The van der Waals surface area contributed by atoms with Crippen LogP contribution in [-0.4, -0.2) is 30.1 Å². The molecule has 0 aromatic carbocycles. The Morgan fingerprint density at radius 3 is 2.18 bits per heavy atom. The molecule has 5 nitrogen and oxygen atoms in total. The van der Waals surface area contributed by atoms with Crippen LogP contribution in [0.5, 0.6) is 0 Å². The monoisotopic (exact) mass is 244 g/mol. The van der Waals surface area contributed by atoms with Crippen LogP contribution in [0.3, 0.4) is 0 Å². The van der Waals surface area contributed by atoms with Gasteiger partial charge in [0.2, 0.25) is 5.91 Å². The van der Waals surface area contributed by atoms with Crippen LogP contribution in [0.4, 0.5) is 0 Å². The maximum atomic E-state index is 11.6. The summed E-state index contributed by atoms with van der Waals surface area (Å²) in [7, 11) is 0. The Hall–Kier alpha value is -1.10. The quantitative estimate of drug-likeness (QED) is 0.563. The number of hydrogen-bond acceptors (Lipinski definition) is 3. The van der Waals surface area contributed by atoms with Crippen molar-refractivity contribution in [3.63, 3.8) is 0 Å². The third kappa shape index (κ3) is 7.74. The third-order valence-corrected chi connectivity index (χ3v) is 3.01. The van der Waals surface area contributed by atoms with Crippen molar-refractivity contribution < 1.29 is 14.7 Å². The van der Waals surface area contributed by atoms with Gasteiger partial charge in [0, 0.05) is 19.4 Å². The van der Waals surface area contributed by atoms with E-state index in [1.165, 1.54) is 0 Å². The van der Waals surface area contributed by atoms with Gasteiger partial charge in [0.05, 0.1) is 0 Å². The average molecular weight is 244 g/mol. The first-order valence-electron chi connectivity index (χ1n) is 6.21. The van der Waals surface area contributed by atoms with E-state index in [0.717, 1.165) is 12.8 Å². The fourth-order valence-electron chi connectivity index (χ4n) is 1.59. The summed E-state index contributed by atoms with van der Waals surface area (Å²) in [5, 5.41) is 11.5. The lowest BCUT2D eigenvalue weighted by Gasteiger charge is -2.15. The Bertz CT molecular complexity index is 240. The van der Waals surface area contributed by atoms with Crippen molar-refractivity contribution in [3.05, 3.63) is 0 Å². The molecule has 0 aliphatic heterocycles. The maximum absolute atomic E-state index is 11.6. The normalized spacial score (nSPS) is 14.1. The van der Waals surface area contributed by atoms with E-state index in [0.29, 0.717) is 19.5 Å². The van der Waals surface area contributed by atoms with Crippen molar-refractivity contribution in [1.29, 1.82) is 0 Å². The molecule has 2 unspecified atom stereocenters. The molecule has 17 heavy (non-hydrogen) atoms. The summed E-state index contributed by atoms with van der Waals surface area (Å²) in [4.78, 5) is 22.1. The predicted octanol–water partition coefficient (Wildman–Crippen LogP) is 0.979. The molecule has 0 aliphatic rings. The molecule has 0 aromatic rings. The zero-order valence-corrected chi connectivity index (χ0v) is 10.7. The second kappa shape index (κ2) is 8.98. The molecule has 0 fully saturated rings. The molecule has 4 N–H and O–H groups in total. The van der Waals surface area contributed by atoms with Gasteiger partial charge in [-0.2, -0.15) is 0 Å². The van der Waals surface area contributed by atoms with Gasteiger partial charge in [0.25, 0.3) is 0 Å². The number of amides is 1. The molecule has 0 bridgehead atoms. The lowest BCUT2D eigenvalue weighted by Crippen LogP contribution is -2.32. The number of carboxylic acids is 1. The zero-order chi connectivity index (χ0) is 13.3. The summed E-state index contributed by atoms with van der Waals surface area (Å²) in [5.74, 6) is -0.630. The summed E-state index contributed by atoms with van der Waals surface area (Å²) in [6.45, 7) is 4.87. The summed E-state index contributed by atoms with van der Waals surface area (Å²) in [5.41, 5.74) is 5.52. The minimum atomic E-state index is -0.820. The highest BCUT2D eigenvalue weighted by molar-refractivity contribution is 5.76. The molecule has 2 atom stereocenters. The van der Waals surface area contributed by atoms with Gasteiger partial charge in [-0.3, -0.25) is 9.59 Å².